The molecule has 1 aromatic heterocycles. The molecule has 1 amide bonds. The van der Waals surface area contributed by atoms with Crippen LogP contribution in [0.25, 0.3) is 11.0 Å². The van der Waals surface area contributed by atoms with Crippen LogP contribution in [0, 0.1) is 0 Å². The fourth-order valence-corrected chi connectivity index (χ4v) is 4.07. The molecule has 126 valence electrons. The number of hydrogen-bond donors (Lipinski definition) is 0. The minimum Gasteiger partial charge on any atom is -0.318 e. The van der Waals surface area contributed by atoms with Crippen LogP contribution in [0.4, 0.5) is 5.69 Å². The summed E-state index contributed by atoms with van der Waals surface area (Å²) in [5.41, 5.74) is 4.39. The molecule has 1 atom stereocenters. The Kier molecular flexibility index (Phi) is 3.20. The van der Waals surface area contributed by atoms with Crippen molar-refractivity contribution in [2.45, 2.75) is 44.7 Å². The third-order valence-electron chi connectivity index (χ3n) is 5.40. The molecule has 1 aliphatic heterocycles. The standard InChI is InChI=1S/C21H21N3O/c1-14-12-16-6-2-4-8-18(16)24(14)20(25)13-23-19-9-5-3-7-17(19)22-21(23)15-10-11-15/h2-9,14-15H,10-13H2,1H3. The second kappa shape index (κ2) is 5.45. The number of carbonyl (C=O) groups excluding carboxylic acids is 1. The lowest BCUT2D eigenvalue weighted by atomic mass is 10.1. The Morgan fingerprint density at radius 2 is 1.88 bits per heavy atom. The summed E-state index contributed by atoms with van der Waals surface area (Å²) < 4.78 is 2.14. The normalized spacial score (nSPS) is 19.4. The van der Waals surface area contributed by atoms with E-state index in [9.17, 15) is 4.79 Å². The smallest absolute Gasteiger partial charge is 0.247 e. The van der Waals surface area contributed by atoms with Crippen molar-refractivity contribution in [1.82, 2.24) is 9.55 Å². The molecule has 0 N–H and O–H groups in total. The Morgan fingerprint density at radius 3 is 2.72 bits per heavy atom. The maximum Gasteiger partial charge on any atom is 0.247 e. The zero-order chi connectivity index (χ0) is 17.0. The van der Waals surface area contributed by atoms with E-state index in [0.717, 1.165) is 29.0 Å². The van der Waals surface area contributed by atoms with Crippen LogP contribution in [0.1, 0.15) is 37.1 Å². The summed E-state index contributed by atoms with van der Waals surface area (Å²) in [4.78, 5) is 20.0. The molecule has 0 spiro atoms. The summed E-state index contributed by atoms with van der Waals surface area (Å²) in [6.07, 6.45) is 3.29. The summed E-state index contributed by atoms with van der Waals surface area (Å²) in [5, 5.41) is 0. The lowest BCUT2D eigenvalue weighted by Crippen LogP contribution is -2.38. The first-order chi connectivity index (χ1) is 12.2. The lowest BCUT2D eigenvalue weighted by molar-refractivity contribution is -0.119. The van der Waals surface area contributed by atoms with Crippen LogP contribution >= 0.6 is 0 Å². The van der Waals surface area contributed by atoms with E-state index in [4.69, 9.17) is 4.98 Å². The number of aromatic nitrogens is 2. The minimum absolute atomic E-state index is 0.155. The predicted molar refractivity (Wildman–Crippen MR) is 98.8 cm³/mol. The summed E-state index contributed by atoms with van der Waals surface area (Å²) in [5.74, 6) is 1.75. The Balaban J connectivity index is 1.53. The van der Waals surface area contributed by atoms with Gasteiger partial charge in [-0.15, -0.1) is 0 Å². The molecule has 4 heteroatoms. The molecule has 25 heavy (non-hydrogen) atoms. The summed E-state index contributed by atoms with van der Waals surface area (Å²) in [7, 11) is 0. The molecule has 5 rings (SSSR count). The number of hydrogen-bond acceptors (Lipinski definition) is 2. The molecular formula is C21H21N3O. The Hall–Kier alpha value is -2.62. The average Bonchev–Trinajstić information content (AvgIpc) is 3.32. The SMILES string of the molecule is CC1Cc2ccccc2N1C(=O)Cn1c(C2CC2)nc2ccccc21. The Labute approximate surface area is 147 Å². The van der Waals surface area contributed by atoms with E-state index in [1.807, 2.05) is 35.2 Å². The summed E-state index contributed by atoms with van der Waals surface area (Å²) >= 11 is 0. The van der Waals surface area contributed by atoms with E-state index in [1.54, 1.807) is 0 Å². The molecular weight excluding hydrogens is 310 g/mol. The molecule has 1 fully saturated rings. The molecule has 2 heterocycles. The molecule has 2 aliphatic rings. The average molecular weight is 331 g/mol. The maximum atomic E-state index is 13.2. The number of benzene rings is 2. The van der Waals surface area contributed by atoms with E-state index < -0.39 is 0 Å². The van der Waals surface area contributed by atoms with Gasteiger partial charge in [0.2, 0.25) is 5.91 Å². The van der Waals surface area contributed by atoms with Crippen molar-refractivity contribution in [2.24, 2.45) is 0 Å². The maximum absolute atomic E-state index is 13.2. The highest BCUT2D eigenvalue weighted by Crippen LogP contribution is 2.41. The number of para-hydroxylation sites is 3. The minimum atomic E-state index is 0.155. The van der Waals surface area contributed by atoms with Crippen molar-refractivity contribution < 1.29 is 4.79 Å². The van der Waals surface area contributed by atoms with Crippen LogP contribution < -0.4 is 4.90 Å². The van der Waals surface area contributed by atoms with Gasteiger partial charge in [0.25, 0.3) is 0 Å². The van der Waals surface area contributed by atoms with E-state index >= 15 is 0 Å². The topological polar surface area (TPSA) is 38.1 Å². The second-order valence-electron chi connectivity index (χ2n) is 7.26. The van der Waals surface area contributed by atoms with Crippen LogP contribution in [0.5, 0.6) is 0 Å². The van der Waals surface area contributed by atoms with Gasteiger partial charge in [-0.1, -0.05) is 30.3 Å². The highest BCUT2D eigenvalue weighted by molar-refractivity contribution is 5.96. The second-order valence-corrected chi connectivity index (χ2v) is 7.26. The summed E-state index contributed by atoms with van der Waals surface area (Å²) in [6.45, 7) is 2.50. The molecule has 3 aromatic rings. The van der Waals surface area contributed by atoms with E-state index in [0.29, 0.717) is 12.5 Å². The molecule has 1 saturated carbocycles. The van der Waals surface area contributed by atoms with Gasteiger partial charge in [-0.3, -0.25) is 4.79 Å². The van der Waals surface area contributed by atoms with Gasteiger partial charge in [0, 0.05) is 17.6 Å². The lowest BCUT2D eigenvalue weighted by Gasteiger charge is -2.23. The van der Waals surface area contributed by atoms with Gasteiger partial charge in [-0.25, -0.2) is 4.98 Å². The van der Waals surface area contributed by atoms with Crippen LogP contribution in [0.15, 0.2) is 48.5 Å². The van der Waals surface area contributed by atoms with Gasteiger partial charge in [0.05, 0.1) is 11.0 Å². The zero-order valence-corrected chi connectivity index (χ0v) is 14.4. The van der Waals surface area contributed by atoms with Crippen molar-refractivity contribution in [3.63, 3.8) is 0 Å². The Bertz CT molecular complexity index is 970. The third kappa shape index (κ3) is 2.36. The van der Waals surface area contributed by atoms with E-state index in [-0.39, 0.29) is 11.9 Å². The van der Waals surface area contributed by atoms with E-state index in [1.165, 1.54) is 18.4 Å². The first-order valence-electron chi connectivity index (χ1n) is 9.07. The number of anilines is 1. The van der Waals surface area contributed by atoms with Crippen LogP contribution in [0.2, 0.25) is 0 Å². The predicted octanol–water partition coefficient (Wildman–Crippen LogP) is 3.89. The van der Waals surface area contributed by atoms with Gasteiger partial charge in [-0.05, 0) is 49.9 Å². The fourth-order valence-electron chi connectivity index (χ4n) is 4.07. The van der Waals surface area contributed by atoms with Gasteiger partial charge in [-0.2, -0.15) is 0 Å². The van der Waals surface area contributed by atoms with Crippen molar-refractivity contribution in [1.29, 1.82) is 0 Å². The molecule has 2 aromatic carbocycles. The molecule has 1 aliphatic carbocycles. The molecule has 4 nitrogen and oxygen atoms in total. The van der Waals surface area contributed by atoms with Gasteiger partial charge < -0.3 is 9.47 Å². The highest BCUT2D eigenvalue weighted by Gasteiger charge is 2.33. The van der Waals surface area contributed by atoms with Crippen molar-refractivity contribution in [3.05, 3.63) is 59.9 Å². The van der Waals surface area contributed by atoms with Crippen LogP contribution in [0.3, 0.4) is 0 Å². The highest BCUT2D eigenvalue weighted by atomic mass is 16.2. The molecule has 0 bridgehead atoms. The van der Waals surface area contributed by atoms with Crippen molar-refractivity contribution in [3.8, 4) is 0 Å². The molecule has 1 unspecified atom stereocenters. The summed E-state index contributed by atoms with van der Waals surface area (Å²) in [6, 6.07) is 16.6. The zero-order valence-electron chi connectivity index (χ0n) is 14.4. The van der Waals surface area contributed by atoms with E-state index in [2.05, 4.69) is 29.7 Å². The van der Waals surface area contributed by atoms with Crippen molar-refractivity contribution in [2.75, 3.05) is 4.90 Å². The fraction of sp³-hybridized carbons (Fsp3) is 0.333. The first-order valence-corrected chi connectivity index (χ1v) is 9.07. The van der Waals surface area contributed by atoms with Crippen LogP contribution in [-0.2, 0) is 17.8 Å². The largest absolute Gasteiger partial charge is 0.318 e. The number of imidazole rings is 1. The number of nitrogens with zero attached hydrogens (tertiary/aromatic N) is 3. The molecule has 0 saturated heterocycles. The van der Waals surface area contributed by atoms with Crippen molar-refractivity contribution >= 4 is 22.6 Å². The Morgan fingerprint density at radius 1 is 1.12 bits per heavy atom. The quantitative estimate of drug-likeness (QED) is 0.730. The van der Waals surface area contributed by atoms with Gasteiger partial charge in [0.1, 0.15) is 12.4 Å². The van der Waals surface area contributed by atoms with Crippen LogP contribution in [-0.4, -0.2) is 21.5 Å². The monoisotopic (exact) mass is 331 g/mol. The third-order valence-corrected chi connectivity index (χ3v) is 5.40. The number of fused-ring (bicyclic) bond motifs is 2. The number of carbonyl (C=O) groups is 1. The number of rotatable bonds is 3. The van der Waals surface area contributed by atoms with Gasteiger partial charge in [0.15, 0.2) is 0 Å². The first kappa shape index (κ1) is 14.7. The molecule has 0 radical (unpaired) electrons. The number of amides is 1. The van der Waals surface area contributed by atoms with Gasteiger partial charge >= 0.3 is 0 Å².